The van der Waals surface area contributed by atoms with Crippen LogP contribution in [0.25, 0.3) is 5.69 Å². The van der Waals surface area contributed by atoms with E-state index in [1.165, 1.54) is 12.8 Å². The van der Waals surface area contributed by atoms with Gasteiger partial charge < -0.3 is 15.6 Å². The van der Waals surface area contributed by atoms with Gasteiger partial charge in [-0.1, -0.05) is 0 Å². The number of benzene rings is 1. The van der Waals surface area contributed by atoms with E-state index in [0.717, 1.165) is 47.9 Å². The second-order valence-electron chi connectivity index (χ2n) is 6.74. The lowest BCUT2D eigenvalue weighted by atomic mass is 9.96. The van der Waals surface area contributed by atoms with Gasteiger partial charge in [-0.25, -0.2) is 0 Å². The molecule has 1 fully saturated rings. The third kappa shape index (κ3) is 2.70. The SMILES string of the molecule is NC(=O)c1ccc(-n2ccc3c2CCCC3=O)c(NCC2CC2)c1. The summed E-state index contributed by atoms with van der Waals surface area (Å²) in [6, 6.07) is 7.38. The fourth-order valence-electron chi connectivity index (χ4n) is 3.37. The number of nitrogens with zero attached hydrogens (tertiary/aromatic N) is 1. The van der Waals surface area contributed by atoms with E-state index in [1.54, 1.807) is 6.07 Å². The van der Waals surface area contributed by atoms with E-state index in [2.05, 4.69) is 9.88 Å². The van der Waals surface area contributed by atoms with E-state index >= 15 is 0 Å². The van der Waals surface area contributed by atoms with E-state index < -0.39 is 5.91 Å². The van der Waals surface area contributed by atoms with E-state index in [4.69, 9.17) is 5.73 Å². The molecule has 0 spiro atoms. The van der Waals surface area contributed by atoms with Gasteiger partial charge in [-0.3, -0.25) is 9.59 Å². The number of nitrogens with one attached hydrogen (secondary N) is 1. The van der Waals surface area contributed by atoms with Crippen LogP contribution in [0.3, 0.4) is 0 Å². The summed E-state index contributed by atoms with van der Waals surface area (Å²) in [6.45, 7) is 0.900. The first kappa shape index (κ1) is 15.0. The molecule has 1 aromatic carbocycles. The Bertz CT molecular complexity index is 818. The zero-order valence-corrected chi connectivity index (χ0v) is 13.5. The fourth-order valence-corrected chi connectivity index (χ4v) is 3.37. The summed E-state index contributed by atoms with van der Waals surface area (Å²) >= 11 is 0. The van der Waals surface area contributed by atoms with Gasteiger partial charge in [0.25, 0.3) is 0 Å². The molecule has 124 valence electrons. The summed E-state index contributed by atoms with van der Waals surface area (Å²) in [5, 5.41) is 3.46. The molecule has 2 aromatic rings. The smallest absolute Gasteiger partial charge is 0.248 e. The molecule has 4 rings (SSSR count). The average molecular weight is 323 g/mol. The van der Waals surface area contributed by atoms with Crippen molar-refractivity contribution in [3.63, 3.8) is 0 Å². The van der Waals surface area contributed by atoms with Gasteiger partial charge in [-0.05, 0) is 55.9 Å². The second-order valence-corrected chi connectivity index (χ2v) is 6.74. The van der Waals surface area contributed by atoms with Gasteiger partial charge in [0.05, 0.1) is 11.4 Å². The van der Waals surface area contributed by atoms with E-state index in [1.807, 2.05) is 24.4 Å². The fraction of sp³-hybridized carbons (Fsp3) is 0.368. The van der Waals surface area contributed by atoms with Crippen LogP contribution in [-0.4, -0.2) is 22.8 Å². The average Bonchev–Trinajstić information content (AvgIpc) is 3.30. The van der Waals surface area contributed by atoms with Gasteiger partial charge in [0.1, 0.15) is 0 Å². The highest BCUT2D eigenvalue weighted by molar-refractivity contribution is 5.98. The topological polar surface area (TPSA) is 77.1 Å². The van der Waals surface area contributed by atoms with Crippen LogP contribution in [0, 0.1) is 5.92 Å². The van der Waals surface area contributed by atoms with Crippen LogP contribution < -0.4 is 11.1 Å². The third-order valence-electron chi connectivity index (χ3n) is 4.93. The van der Waals surface area contributed by atoms with Crippen molar-refractivity contribution in [1.82, 2.24) is 4.57 Å². The lowest BCUT2D eigenvalue weighted by Gasteiger charge is -2.19. The minimum atomic E-state index is -0.430. The first-order valence-corrected chi connectivity index (χ1v) is 8.55. The maximum Gasteiger partial charge on any atom is 0.248 e. The van der Waals surface area contributed by atoms with Gasteiger partial charge >= 0.3 is 0 Å². The van der Waals surface area contributed by atoms with Crippen molar-refractivity contribution in [2.24, 2.45) is 11.7 Å². The third-order valence-corrected chi connectivity index (χ3v) is 4.93. The maximum absolute atomic E-state index is 12.1. The quantitative estimate of drug-likeness (QED) is 0.888. The van der Waals surface area contributed by atoms with Gasteiger partial charge in [-0.15, -0.1) is 0 Å². The molecule has 0 bridgehead atoms. The molecule has 1 saturated carbocycles. The first-order chi connectivity index (χ1) is 11.6. The van der Waals surface area contributed by atoms with Crippen molar-refractivity contribution >= 4 is 17.4 Å². The number of carbonyl (C=O) groups excluding carboxylic acids is 2. The Morgan fingerprint density at radius 1 is 1.25 bits per heavy atom. The number of amides is 1. The molecule has 2 aliphatic rings. The lowest BCUT2D eigenvalue weighted by molar-refractivity contribution is 0.0970. The Morgan fingerprint density at radius 2 is 2.08 bits per heavy atom. The molecule has 0 atom stereocenters. The Kier molecular flexibility index (Phi) is 3.63. The standard InChI is InChI=1S/C19H21N3O2/c20-19(24)13-6-7-17(15(10-13)21-11-12-4-5-12)22-9-8-14-16(22)2-1-3-18(14)23/h6-10,12,21H,1-5,11H2,(H2,20,24). The molecular weight excluding hydrogens is 302 g/mol. The predicted molar refractivity (Wildman–Crippen MR) is 92.8 cm³/mol. The number of hydrogen-bond acceptors (Lipinski definition) is 3. The summed E-state index contributed by atoms with van der Waals surface area (Å²) in [5.74, 6) is 0.507. The molecule has 5 heteroatoms. The summed E-state index contributed by atoms with van der Waals surface area (Å²) in [5.41, 5.74) is 9.68. The number of ketones is 1. The molecule has 1 aromatic heterocycles. The maximum atomic E-state index is 12.1. The Labute approximate surface area is 140 Å². The zero-order valence-electron chi connectivity index (χ0n) is 13.5. The summed E-state index contributed by atoms with van der Waals surface area (Å²) in [7, 11) is 0. The van der Waals surface area contributed by atoms with E-state index in [9.17, 15) is 9.59 Å². The Balaban J connectivity index is 1.76. The van der Waals surface area contributed by atoms with Gasteiger partial charge in [0.15, 0.2) is 5.78 Å². The Morgan fingerprint density at radius 3 is 2.83 bits per heavy atom. The number of primary amides is 1. The number of Topliss-reactive ketones (excluding diaryl/α,β-unsaturated/α-hetero) is 1. The van der Waals surface area contributed by atoms with Crippen molar-refractivity contribution in [3.8, 4) is 5.69 Å². The van der Waals surface area contributed by atoms with Crippen LogP contribution in [-0.2, 0) is 6.42 Å². The van der Waals surface area contributed by atoms with Crippen LogP contribution >= 0.6 is 0 Å². The number of anilines is 1. The molecule has 24 heavy (non-hydrogen) atoms. The number of nitrogens with two attached hydrogens (primary N) is 1. The zero-order chi connectivity index (χ0) is 16.7. The molecular formula is C19H21N3O2. The van der Waals surface area contributed by atoms with Crippen molar-refractivity contribution < 1.29 is 9.59 Å². The van der Waals surface area contributed by atoms with Gasteiger partial charge in [0.2, 0.25) is 5.91 Å². The molecule has 1 amide bonds. The molecule has 3 N–H and O–H groups in total. The molecule has 1 heterocycles. The van der Waals surface area contributed by atoms with Gasteiger partial charge in [0, 0.05) is 36.0 Å². The molecule has 2 aliphatic carbocycles. The normalized spacial score (nSPS) is 16.8. The molecule has 0 saturated heterocycles. The van der Waals surface area contributed by atoms with Crippen LogP contribution in [0.4, 0.5) is 5.69 Å². The number of aromatic nitrogens is 1. The molecule has 0 radical (unpaired) electrons. The van der Waals surface area contributed by atoms with Crippen LogP contribution in [0.1, 0.15) is 52.1 Å². The Hall–Kier alpha value is -2.56. The molecule has 5 nitrogen and oxygen atoms in total. The van der Waals surface area contributed by atoms with Gasteiger partial charge in [-0.2, -0.15) is 0 Å². The van der Waals surface area contributed by atoms with Crippen molar-refractivity contribution in [1.29, 1.82) is 0 Å². The number of rotatable bonds is 5. The van der Waals surface area contributed by atoms with E-state index in [0.29, 0.717) is 12.0 Å². The number of fused-ring (bicyclic) bond motifs is 1. The molecule has 0 unspecified atom stereocenters. The lowest BCUT2D eigenvalue weighted by Crippen LogP contribution is -2.15. The van der Waals surface area contributed by atoms with Crippen molar-refractivity contribution in [3.05, 3.63) is 47.3 Å². The highest BCUT2D eigenvalue weighted by Gasteiger charge is 2.24. The van der Waals surface area contributed by atoms with Crippen LogP contribution in [0.2, 0.25) is 0 Å². The van der Waals surface area contributed by atoms with Crippen LogP contribution in [0.15, 0.2) is 30.5 Å². The van der Waals surface area contributed by atoms with E-state index in [-0.39, 0.29) is 5.78 Å². The predicted octanol–water partition coefficient (Wildman–Crippen LogP) is 2.92. The van der Waals surface area contributed by atoms with Crippen molar-refractivity contribution in [2.45, 2.75) is 32.1 Å². The van der Waals surface area contributed by atoms with Crippen LogP contribution in [0.5, 0.6) is 0 Å². The summed E-state index contributed by atoms with van der Waals surface area (Å²) in [6.07, 6.45) is 6.88. The number of carbonyl (C=O) groups is 2. The minimum absolute atomic E-state index is 0.219. The summed E-state index contributed by atoms with van der Waals surface area (Å²) < 4.78 is 2.08. The van der Waals surface area contributed by atoms with Crippen molar-refractivity contribution in [2.75, 3.05) is 11.9 Å². The monoisotopic (exact) mass is 323 g/mol. The molecule has 0 aliphatic heterocycles. The minimum Gasteiger partial charge on any atom is -0.383 e. The first-order valence-electron chi connectivity index (χ1n) is 8.55. The second kappa shape index (κ2) is 5.82. The largest absolute Gasteiger partial charge is 0.383 e. The number of hydrogen-bond donors (Lipinski definition) is 2. The highest BCUT2D eigenvalue weighted by Crippen LogP contribution is 2.32. The highest BCUT2D eigenvalue weighted by atomic mass is 16.1. The summed E-state index contributed by atoms with van der Waals surface area (Å²) in [4.78, 5) is 23.6.